The molecule has 1 aliphatic heterocycles. The van der Waals surface area contributed by atoms with E-state index in [9.17, 15) is 19.8 Å². The Hall–Kier alpha value is -1.30. The highest BCUT2D eigenvalue weighted by molar-refractivity contribution is 5.78. The van der Waals surface area contributed by atoms with Crippen LogP contribution in [-0.2, 0) is 9.53 Å². The molecule has 2 rings (SSSR count). The third kappa shape index (κ3) is 2.54. The first-order chi connectivity index (χ1) is 8.64. The lowest BCUT2D eigenvalue weighted by Crippen LogP contribution is -2.64. The largest absolute Gasteiger partial charge is 0.481 e. The molecule has 0 unspecified atom stereocenters. The molecule has 1 amide bonds. The van der Waals surface area contributed by atoms with Crippen molar-refractivity contribution >= 4 is 12.1 Å². The summed E-state index contributed by atoms with van der Waals surface area (Å²) in [5.74, 6) is -0.951. The fourth-order valence-electron chi connectivity index (χ4n) is 2.77. The van der Waals surface area contributed by atoms with Gasteiger partial charge in [0.15, 0.2) is 0 Å². The first kappa shape index (κ1) is 14.1. The van der Waals surface area contributed by atoms with Crippen molar-refractivity contribution in [3.8, 4) is 0 Å². The number of nitrogens with zero attached hydrogens (tertiary/aromatic N) is 1. The van der Waals surface area contributed by atoms with Gasteiger partial charge in [0, 0.05) is 19.0 Å². The molecule has 1 heterocycles. The van der Waals surface area contributed by atoms with Gasteiger partial charge in [-0.05, 0) is 33.6 Å². The summed E-state index contributed by atoms with van der Waals surface area (Å²) in [5.41, 5.74) is -1.39. The Kier molecular flexibility index (Phi) is 3.24. The van der Waals surface area contributed by atoms with Crippen LogP contribution < -0.4 is 0 Å². The highest BCUT2D eigenvalue weighted by Crippen LogP contribution is 2.50. The number of aliphatic hydroxyl groups excluding tert-OH is 1. The molecule has 2 aliphatic rings. The number of aliphatic hydroxyl groups is 1. The third-order valence-corrected chi connectivity index (χ3v) is 3.94. The number of hydrogen-bond acceptors (Lipinski definition) is 4. The van der Waals surface area contributed by atoms with Crippen molar-refractivity contribution in [2.45, 2.75) is 45.3 Å². The minimum absolute atomic E-state index is 0.0825. The summed E-state index contributed by atoms with van der Waals surface area (Å²) in [6.45, 7) is 6.18. The van der Waals surface area contributed by atoms with Crippen LogP contribution in [-0.4, -0.2) is 52.0 Å². The zero-order valence-corrected chi connectivity index (χ0v) is 11.5. The van der Waals surface area contributed by atoms with E-state index in [0.717, 1.165) is 0 Å². The lowest BCUT2D eigenvalue weighted by atomic mass is 9.57. The van der Waals surface area contributed by atoms with Gasteiger partial charge < -0.3 is 19.8 Å². The molecular formula is C13H21NO5. The number of carbonyl (C=O) groups excluding carboxylic acids is 1. The molecule has 0 spiro atoms. The van der Waals surface area contributed by atoms with Crippen LogP contribution in [0.4, 0.5) is 4.79 Å². The molecule has 0 bridgehead atoms. The zero-order chi connectivity index (χ0) is 14.4. The van der Waals surface area contributed by atoms with Gasteiger partial charge in [-0.25, -0.2) is 4.79 Å². The second-order valence-electron chi connectivity index (χ2n) is 6.61. The van der Waals surface area contributed by atoms with Crippen molar-refractivity contribution in [1.29, 1.82) is 0 Å². The number of rotatable bonds is 2. The molecule has 0 radical (unpaired) electrons. The van der Waals surface area contributed by atoms with Crippen LogP contribution in [0.3, 0.4) is 0 Å². The number of ether oxygens (including phenoxy) is 1. The Bertz CT molecular complexity index is 388. The Morgan fingerprint density at radius 1 is 1.26 bits per heavy atom. The zero-order valence-electron chi connectivity index (χ0n) is 11.5. The lowest BCUT2D eigenvalue weighted by Gasteiger charge is -2.53. The molecule has 0 atom stereocenters. The van der Waals surface area contributed by atoms with E-state index in [4.69, 9.17) is 4.74 Å². The Morgan fingerprint density at radius 2 is 1.79 bits per heavy atom. The van der Waals surface area contributed by atoms with Crippen molar-refractivity contribution in [2.24, 2.45) is 11.3 Å². The molecule has 19 heavy (non-hydrogen) atoms. The average molecular weight is 271 g/mol. The van der Waals surface area contributed by atoms with E-state index >= 15 is 0 Å². The maximum Gasteiger partial charge on any atom is 0.410 e. The second kappa shape index (κ2) is 4.37. The summed E-state index contributed by atoms with van der Waals surface area (Å²) in [6, 6.07) is 0. The normalized spacial score (nSPS) is 31.4. The van der Waals surface area contributed by atoms with Crippen molar-refractivity contribution in [3.05, 3.63) is 0 Å². The van der Waals surface area contributed by atoms with Crippen LogP contribution in [0.1, 0.15) is 33.6 Å². The minimum atomic E-state index is -0.869. The molecule has 0 aromatic rings. The predicted molar refractivity (Wildman–Crippen MR) is 66.6 cm³/mol. The van der Waals surface area contributed by atoms with E-state index in [1.54, 1.807) is 20.8 Å². The molecule has 2 fully saturated rings. The van der Waals surface area contributed by atoms with Crippen LogP contribution in [0, 0.1) is 11.3 Å². The van der Waals surface area contributed by atoms with Crippen LogP contribution in [0.15, 0.2) is 0 Å². The topological polar surface area (TPSA) is 87.1 Å². The number of likely N-dealkylation sites (tertiary alicyclic amines) is 1. The fraction of sp³-hybridized carbons (Fsp3) is 0.846. The van der Waals surface area contributed by atoms with Gasteiger partial charge in [0.05, 0.1) is 11.5 Å². The number of carbonyl (C=O) groups is 2. The van der Waals surface area contributed by atoms with E-state index in [-0.39, 0.29) is 18.8 Å². The van der Waals surface area contributed by atoms with Gasteiger partial charge in [-0.2, -0.15) is 0 Å². The molecule has 1 aliphatic carbocycles. The summed E-state index contributed by atoms with van der Waals surface area (Å²) in [5, 5.41) is 18.7. The minimum Gasteiger partial charge on any atom is -0.481 e. The van der Waals surface area contributed by atoms with Crippen molar-refractivity contribution in [2.75, 3.05) is 13.1 Å². The van der Waals surface area contributed by atoms with Gasteiger partial charge in [-0.15, -0.1) is 0 Å². The number of carboxylic acid groups (broad SMARTS) is 1. The lowest BCUT2D eigenvalue weighted by molar-refractivity contribution is -0.179. The highest BCUT2D eigenvalue weighted by atomic mass is 16.6. The Balaban J connectivity index is 1.89. The smallest absolute Gasteiger partial charge is 0.410 e. The van der Waals surface area contributed by atoms with Crippen LogP contribution in [0.2, 0.25) is 0 Å². The number of carboxylic acids is 1. The fourth-order valence-corrected chi connectivity index (χ4v) is 2.77. The Morgan fingerprint density at radius 3 is 2.16 bits per heavy atom. The van der Waals surface area contributed by atoms with Crippen LogP contribution in [0.25, 0.3) is 0 Å². The van der Waals surface area contributed by atoms with Gasteiger partial charge in [-0.3, -0.25) is 4.79 Å². The summed E-state index contributed by atoms with van der Waals surface area (Å²) in [4.78, 5) is 24.6. The summed E-state index contributed by atoms with van der Waals surface area (Å²) >= 11 is 0. The molecule has 2 N–H and O–H groups in total. The Labute approximate surface area is 112 Å². The molecule has 108 valence electrons. The molecule has 1 saturated carbocycles. The van der Waals surface area contributed by atoms with Crippen LogP contribution in [0.5, 0.6) is 0 Å². The second-order valence-corrected chi connectivity index (χ2v) is 6.61. The number of amides is 1. The van der Waals surface area contributed by atoms with Crippen molar-refractivity contribution in [1.82, 2.24) is 4.90 Å². The first-order valence-electron chi connectivity index (χ1n) is 6.53. The summed E-state index contributed by atoms with van der Waals surface area (Å²) < 4.78 is 5.23. The standard InChI is InChI=1S/C13H21NO5/c1-12(2,3)19-11(18)14-6-8(7-14)13(10(16)17)4-9(15)5-13/h8-9,15H,4-7H2,1-3H3,(H,16,17). The van der Waals surface area contributed by atoms with Crippen molar-refractivity contribution in [3.63, 3.8) is 0 Å². The molecular weight excluding hydrogens is 250 g/mol. The molecule has 6 nitrogen and oxygen atoms in total. The van der Waals surface area contributed by atoms with Gasteiger partial charge in [0.2, 0.25) is 0 Å². The van der Waals surface area contributed by atoms with Gasteiger partial charge in [0.25, 0.3) is 0 Å². The van der Waals surface area contributed by atoms with Gasteiger partial charge in [-0.1, -0.05) is 0 Å². The monoisotopic (exact) mass is 271 g/mol. The van der Waals surface area contributed by atoms with Crippen molar-refractivity contribution < 1.29 is 24.5 Å². The highest BCUT2D eigenvalue weighted by Gasteiger charge is 2.59. The molecule has 6 heteroatoms. The first-order valence-corrected chi connectivity index (χ1v) is 6.53. The van der Waals surface area contributed by atoms with Gasteiger partial charge in [0.1, 0.15) is 5.60 Å². The quantitative estimate of drug-likeness (QED) is 0.784. The SMILES string of the molecule is CC(C)(C)OC(=O)N1CC(C2(C(=O)O)CC(O)C2)C1. The number of hydrogen-bond donors (Lipinski definition) is 2. The summed E-state index contributed by atoms with van der Waals surface area (Å²) in [7, 11) is 0. The van der Waals surface area contributed by atoms with E-state index in [1.807, 2.05) is 0 Å². The van der Waals surface area contributed by atoms with Crippen LogP contribution >= 0.6 is 0 Å². The van der Waals surface area contributed by atoms with E-state index in [2.05, 4.69) is 0 Å². The molecule has 0 aromatic heterocycles. The maximum absolute atomic E-state index is 11.8. The van der Waals surface area contributed by atoms with E-state index in [1.165, 1.54) is 4.90 Å². The summed E-state index contributed by atoms with van der Waals surface area (Å²) in [6.07, 6.45) is -0.347. The predicted octanol–water partition coefficient (Wildman–Crippen LogP) is 1.08. The average Bonchev–Trinajstić information content (AvgIpc) is 2.07. The van der Waals surface area contributed by atoms with E-state index < -0.39 is 29.2 Å². The van der Waals surface area contributed by atoms with Gasteiger partial charge >= 0.3 is 12.1 Å². The maximum atomic E-state index is 11.8. The molecule has 1 saturated heterocycles. The number of aliphatic carboxylic acids is 1. The third-order valence-electron chi connectivity index (χ3n) is 3.94. The molecule has 0 aromatic carbocycles. The van der Waals surface area contributed by atoms with E-state index in [0.29, 0.717) is 13.1 Å².